The molecule has 0 aromatic carbocycles. The van der Waals surface area contributed by atoms with Gasteiger partial charge in [-0.1, -0.05) is 24.3 Å². The Morgan fingerprint density at radius 2 is 2.40 bits per heavy atom. The van der Waals surface area contributed by atoms with Gasteiger partial charge in [-0.25, -0.2) is 0 Å². The van der Waals surface area contributed by atoms with Crippen LogP contribution in [0.5, 0.6) is 0 Å². The Morgan fingerprint density at radius 3 is 2.80 bits per heavy atom. The standard InChI is InChI=1S/C8H10S2/c1-2-8(10)5-3-7(9)4-6-8/h2-5,9-10H,1,6H2. The molecule has 1 atom stereocenters. The summed E-state index contributed by atoms with van der Waals surface area (Å²) in [5, 5.41) is 0. The van der Waals surface area contributed by atoms with Crippen LogP contribution < -0.4 is 0 Å². The van der Waals surface area contributed by atoms with Gasteiger partial charge in [-0.15, -0.1) is 19.2 Å². The van der Waals surface area contributed by atoms with Gasteiger partial charge < -0.3 is 0 Å². The predicted octanol–water partition coefficient (Wildman–Crippen LogP) is 2.61. The van der Waals surface area contributed by atoms with E-state index in [0.29, 0.717) is 0 Å². The quantitative estimate of drug-likeness (QED) is 0.438. The Labute approximate surface area is 72.5 Å². The second-order valence-corrected chi connectivity index (χ2v) is 3.71. The van der Waals surface area contributed by atoms with Crippen LogP contribution in [0.25, 0.3) is 0 Å². The molecule has 1 aliphatic rings. The summed E-state index contributed by atoms with van der Waals surface area (Å²) in [5.74, 6) is 0. The van der Waals surface area contributed by atoms with Crippen molar-refractivity contribution in [3.8, 4) is 0 Å². The van der Waals surface area contributed by atoms with Crippen molar-refractivity contribution in [2.75, 3.05) is 0 Å². The summed E-state index contributed by atoms with van der Waals surface area (Å²) < 4.78 is -0.147. The van der Waals surface area contributed by atoms with Crippen LogP contribution in [0.15, 0.2) is 35.8 Å². The van der Waals surface area contributed by atoms with Gasteiger partial charge in [-0.3, -0.25) is 0 Å². The van der Waals surface area contributed by atoms with Crippen molar-refractivity contribution in [2.45, 2.75) is 11.2 Å². The van der Waals surface area contributed by atoms with Crippen molar-refractivity contribution in [1.29, 1.82) is 0 Å². The highest BCUT2D eigenvalue weighted by atomic mass is 32.1. The summed E-state index contributed by atoms with van der Waals surface area (Å²) in [7, 11) is 0. The van der Waals surface area contributed by atoms with E-state index in [1.165, 1.54) is 0 Å². The summed E-state index contributed by atoms with van der Waals surface area (Å²) in [5.41, 5.74) is 0. The number of rotatable bonds is 1. The molecule has 1 rings (SSSR count). The first-order valence-corrected chi connectivity index (χ1v) is 4.00. The van der Waals surface area contributed by atoms with Crippen molar-refractivity contribution >= 4 is 25.3 Å². The third-order valence-electron chi connectivity index (χ3n) is 1.53. The highest BCUT2D eigenvalue weighted by Gasteiger charge is 2.17. The fraction of sp³-hybridized carbons (Fsp3) is 0.250. The molecule has 0 saturated heterocycles. The first-order valence-electron chi connectivity index (χ1n) is 3.11. The molecule has 0 saturated carbocycles. The average molecular weight is 170 g/mol. The Morgan fingerprint density at radius 1 is 1.70 bits per heavy atom. The van der Waals surface area contributed by atoms with E-state index in [1.54, 1.807) is 0 Å². The van der Waals surface area contributed by atoms with Crippen LogP contribution in [-0.2, 0) is 0 Å². The Bertz CT molecular complexity index is 203. The predicted molar refractivity (Wildman–Crippen MR) is 52.7 cm³/mol. The summed E-state index contributed by atoms with van der Waals surface area (Å²) in [6.45, 7) is 3.70. The molecule has 0 spiro atoms. The number of allylic oxidation sites excluding steroid dienone is 2. The highest BCUT2D eigenvalue weighted by molar-refractivity contribution is 7.84. The van der Waals surface area contributed by atoms with Crippen LogP contribution in [-0.4, -0.2) is 4.75 Å². The maximum absolute atomic E-state index is 4.41. The molecule has 1 unspecified atom stereocenters. The lowest BCUT2D eigenvalue weighted by atomic mass is 10.00. The maximum Gasteiger partial charge on any atom is 0.0524 e. The Hall–Kier alpha value is -0.0800. The summed E-state index contributed by atoms with van der Waals surface area (Å²) >= 11 is 8.59. The minimum atomic E-state index is -0.147. The molecule has 0 aromatic heterocycles. The molecule has 0 radical (unpaired) electrons. The van der Waals surface area contributed by atoms with Gasteiger partial charge in [0.2, 0.25) is 0 Å². The Kier molecular flexibility index (Phi) is 2.32. The largest absolute Gasteiger partial charge is 0.164 e. The minimum absolute atomic E-state index is 0.147. The second kappa shape index (κ2) is 2.89. The van der Waals surface area contributed by atoms with Crippen molar-refractivity contribution in [3.05, 3.63) is 35.8 Å². The van der Waals surface area contributed by atoms with Crippen molar-refractivity contribution in [1.82, 2.24) is 0 Å². The molecule has 2 heteroatoms. The molecule has 0 heterocycles. The SMILES string of the molecule is C=CC1(S)C=CC(S)=CC1. The van der Waals surface area contributed by atoms with Gasteiger partial charge in [0, 0.05) is 0 Å². The van der Waals surface area contributed by atoms with Crippen LogP contribution in [0, 0.1) is 0 Å². The lowest BCUT2D eigenvalue weighted by Crippen LogP contribution is -2.14. The third kappa shape index (κ3) is 1.70. The van der Waals surface area contributed by atoms with E-state index in [-0.39, 0.29) is 4.75 Å². The van der Waals surface area contributed by atoms with Gasteiger partial charge in [0.05, 0.1) is 4.75 Å². The minimum Gasteiger partial charge on any atom is -0.164 e. The lowest BCUT2D eigenvalue weighted by Gasteiger charge is -2.21. The Balaban J connectivity index is 2.76. The van der Waals surface area contributed by atoms with Crippen molar-refractivity contribution in [2.24, 2.45) is 0 Å². The van der Waals surface area contributed by atoms with E-state index in [4.69, 9.17) is 0 Å². The zero-order chi connectivity index (χ0) is 7.61. The van der Waals surface area contributed by atoms with Gasteiger partial charge in [0.25, 0.3) is 0 Å². The first-order chi connectivity index (χ1) is 4.66. The second-order valence-electron chi connectivity index (χ2n) is 2.36. The molecule has 54 valence electrons. The van der Waals surface area contributed by atoms with Gasteiger partial charge in [-0.2, -0.15) is 12.6 Å². The fourth-order valence-electron chi connectivity index (χ4n) is 0.785. The molecule has 0 bridgehead atoms. The average Bonchev–Trinajstić information content (AvgIpc) is 1.96. The van der Waals surface area contributed by atoms with Gasteiger partial charge in [-0.05, 0) is 11.3 Å². The number of hydrogen-bond donors (Lipinski definition) is 2. The molecule has 0 N–H and O–H groups in total. The topological polar surface area (TPSA) is 0 Å². The van der Waals surface area contributed by atoms with E-state index >= 15 is 0 Å². The van der Waals surface area contributed by atoms with E-state index in [2.05, 4.69) is 31.8 Å². The van der Waals surface area contributed by atoms with Crippen LogP contribution >= 0.6 is 25.3 Å². The molecule has 0 nitrogen and oxygen atoms in total. The molecular weight excluding hydrogens is 160 g/mol. The van der Waals surface area contributed by atoms with Crippen LogP contribution in [0.4, 0.5) is 0 Å². The highest BCUT2D eigenvalue weighted by Crippen LogP contribution is 2.28. The van der Waals surface area contributed by atoms with Crippen LogP contribution in [0.3, 0.4) is 0 Å². The van der Waals surface area contributed by atoms with E-state index < -0.39 is 0 Å². The molecule has 0 aromatic rings. The van der Waals surface area contributed by atoms with Crippen LogP contribution in [0.1, 0.15) is 6.42 Å². The third-order valence-corrected chi connectivity index (χ3v) is 2.38. The van der Waals surface area contributed by atoms with E-state index in [9.17, 15) is 0 Å². The fourth-order valence-corrected chi connectivity index (χ4v) is 1.12. The zero-order valence-corrected chi connectivity index (χ0v) is 7.41. The normalized spacial score (nSPS) is 31.6. The molecule has 0 fully saturated rings. The zero-order valence-electron chi connectivity index (χ0n) is 5.62. The van der Waals surface area contributed by atoms with E-state index in [1.807, 2.05) is 24.3 Å². The van der Waals surface area contributed by atoms with Crippen molar-refractivity contribution in [3.63, 3.8) is 0 Å². The first kappa shape index (κ1) is 8.02. The van der Waals surface area contributed by atoms with Gasteiger partial charge in [0.15, 0.2) is 0 Å². The van der Waals surface area contributed by atoms with Crippen molar-refractivity contribution < 1.29 is 0 Å². The maximum atomic E-state index is 4.41. The smallest absolute Gasteiger partial charge is 0.0524 e. The lowest BCUT2D eigenvalue weighted by molar-refractivity contribution is 0.890. The molecule has 1 aliphatic carbocycles. The van der Waals surface area contributed by atoms with E-state index in [0.717, 1.165) is 11.3 Å². The summed E-state index contributed by atoms with van der Waals surface area (Å²) in [6.07, 6.45) is 8.71. The molecule has 0 amide bonds. The number of thiol groups is 2. The van der Waals surface area contributed by atoms with Gasteiger partial charge >= 0.3 is 0 Å². The molecular formula is C8H10S2. The number of hydrogen-bond acceptors (Lipinski definition) is 2. The molecule has 10 heavy (non-hydrogen) atoms. The summed E-state index contributed by atoms with van der Waals surface area (Å²) in [6, 6.07) is 0. The monoisotopic (exact) mass is 170 g/mol. The van der Waals surface area contributed by atoms with Crippen LogP contribution in [0.2, 0.25) is 0 Å². The van der Waals surface area contributed by atoms with Gasteiger partial charge in [0.1, 0.15) is 0 Å². The summed E-state index contributed by atoms with van der Waals surface area (Å²) in [4.78, 5) is 1.01. The molecule has 0 aliphatic heterocycles.